The lowest BCUT2D eigenvalue weighted by Crippen LogP contribution is -2.46. The molecule has 0 unspecified atom stereocenters. The van der Waals surface area contributed by atoms with Crippen molar-refractivity contribution in [2.75, 3.05) is 0 Å². The van der Waals surface area contributed by atoms with E-state index in [1.807, 2.05) is 6.07 Å². The summed E-state index contributed by atoms with van der Waals surface area (Å²) < 4.78 is 22.3. The first kappa shape index (κ1) is 46.6. The third-order valence-corrected chi connectivity index (χ3v) is 13.8. The number of aromatic hydroxyl groups is 1. The maximum absolute atomic E-state index is 11.9. The number of hydrogen-bond acceptors (Lipinski definition) is 4. The smallest absolute Gasteiger partial charge is 0.119 e. The van der Waals surface area contributed by atoms with E-state index in [2.05, 4.69) is 68.4 Å². The molecule has 0 heterocycles. The molecule has 318 valence electrons. The lowest BCUT2D eigenvalue weighted by atomic mass is 9.78. The molecule has 0 spiro atoms. The van der Waals surface area contributed by atoms with Gasteiger partial charge in [0.15, 0.2) is 0 Å². The van der Waals surface area contributed by atoms with Gasteiger partial charge in [-0.3, -0.25) is 0 Å². The largest absolute Gasteiger partial charge is 0.508 e. The van der Waals surface area contributed by atoms with Gasteiger partial charge in [0.1, 0.15) is 5.75 Å². The van der Waals surface area contributed by atoms with E-state index in [9.17, 15) is 5.11 Å². The van der Waals surface area contributed by atoms with E-state index in [0.717, 1.165) is 44.1 Å². The van der Waals surface area contributed by atoms with Crippen LogP contribution in [0.5, 0.6) is 5.75 Å². The Bertz CT molecular complexity index is 1240. The Morgan fingerprint density at radius 3 is 1.13 bits per heavy atom. The number of benzene rings is 1. The summed E-state index contributed by atoms with van der Waals surface area (Å²) in [6.45, 7) is 20.8. The van der Waals surface area contributed by atoms with Gasteiger partial charge < -0.3 is 19.3 Å². The van der Waals surface area contributed by atoms with Crippen molar-refractivity contribution in [1.82, 2.24) is 0 Å². The van der Waals surface area contributed by atoms with Gasteiger partial charge in [-0.05, 0) is 117 Å². The van der Waals surface area contributed by atoms with Crippen LogP contribution < -0.4 is 0 Å². The van der Waals surface area contributed by atoms with Gasteiger partial charge in [-0.25, -0.2) is 0 Å². The Morgan fingerprint density at radius 1 is 0.455 bits per heavy atom. The van der Waals surface area contributed by atoms with Crippen molar-refractivity contribution in [3.63, 3.8) is 0 Å². The highest BCUT2D eigenvalue weighted by molar-refractivity contribution is 5.46. The zero-order chi connectivity index (χ0) is 40.1. The summed E-state index contributed by atoms with van der Waals surface area (Å²) in [5.41, 5.74) is 2.39. The molecule has 0 amide bonds. The Balaban J connectivity index is 1.70. The first-order valence-corrected chi connectivity index (χ1v) is 24.0. The van der Waals surface area contributed by atoms with Crippen LogP contribution in [0.1, 0.15) is 252 Å². The summed E-state index contributed by atoms with van der Waals surface area (Å²) in [6.07, 6.45) is 35.6. The van der Waals surface area contributed by atoms with E-state index in [1.54, 1.807) is 0 Å². The fourth-order valence-corrected chi connectivity index (χ4v) is 11.4. The van der Waals surface area contributed by atoms with Crippen molar-refractivity contribution in [2.45, 2.75) is 289 Å². The molecule has 3 aliphatic carbocycles. The predicted octanol–water partition coefficient (Wildman–Crippen LogP) is 15.3. The highest BCUT2D eigenvalue weighted by Gasteiger charge is 2.42. The Hall–Kier alpha value is -1.10. The average molecular weight is 767 g/mol. The first-order chi connectivity index (χ1) is 26.1. The molecule has 0 atom stereocenters. The highest BCUT2D eigenvalue weighted by atomic mass is 16.5. The van der Waals surface area contributed by atoms with Crippen LogP contribution in [-0.4, -0.2) is 38.7 Å². The highest BCUT2D eigenvalue weighted by Crippen LogP contribution is 2.45. The van der Waals surface area contributed by atoms with Crippen LogP contribution in [0.4, 0.5) is 0 Å². The van der Waals surface area contributed by atoms with Crippen LogP contribution in [0.15, 0.2) is 12.1 Å². The molecular weight excluding hydrogens is 677 g/mol. The first-order valence-electron chi connectivity index (χ1n) is 24.0. The predicted molar refractivity (Wildman–Crippen MR) is 235 cm³/mol. The van der Waals surface area contributed by atoms with Crippen LogP contribution in [-0.2, 0) is 33.5 Å². The number of ether oxygens (including phenoxy) is 3. The lowest BCUT2D eigenvalue weighted by molar-refractivity contribution is -0.164. The van der Waals surface area contributed by atoms with E-state index < -0.39 is 5.60 Å². The van der Waals surface area contributed by atoms with Crippen LogP contribution in [0.2, 0.25) is 0 Å². The van der Waals surface area contributed by atoms with Crippen molar-refractivity contribution < 1.29 is 19.3 Å². The van der Waals surface area contributed by atoms with Gasteiger partial charge in [-0.2, -0.15) is 0 Å². The number of unbranched alkanes of at least 4 members (excludes halogenated alkanes) is 6. The van der Waals surface area contributed by atoms with E-state index in [-0.39, 0.29) is 28.0 Å². The fraction of sp³-hybridized carbons (Fsp3) is 0.882. The summed E-state index contributed by atoms with van der Waals surface area (Å²) >= 11 is 0. The quantitative estimate of drug-likeness (QED) is 0.106. The number of phenolic OH excluding ortho intramolecular Hbond substituents is 1. The molecule has 0 aliphatic heterocycles. The van der Waals surface area contributed by atoms with E-state index in [4.69, 9.17) is 14.2 Å². The van der Waals surface area contributed by atoms with Gasteiger partial charge >= 0.3 is 0 Å². The van der Waals surface area contributed by atoms with Crippen molar-refractivity contribution in [2.24, 2.45) is 0 Å². The van der Waals surface area contributed by atoms with Gasteiger partial charge in [0.25, 0.3) is 0 Å². The molecule has 1 N–H and O–H groups in total. The second kappa shape index (κ2) is 21.2. The summed E-state index contributed by atoms with van der Waals surface area (Å²) in [6, 6.07) is 4.20. The van der Waals surface area contributed by atoms with Gasteiger partial charge in [0, 0.05) is 24.8 Å². The molecule has 4 nitrogen and oxygen atoms in total. The number of hydrogen-bond donors (Lipinski definition) is 1. The van der Waals surface area contributed by atoms with E-state index >= 15 is 0 Å². The Morgan fingerprint density at radius 2 is 0.782 bits per heavy atom. The van der Waals surface area contributed by atoms with E-state index in [1.165, 1.54) is 159 Å². The standard InChI is InChI=1S/C51H90O4/c1-10-13-19-30-49(33-22-16-23-34-49)53-46(4,5)39-42-28-29-45(52)44(41-48(8,9)55-51(32-21-15-12-3)37-26-18-27-38-51)43(42)40-47(6,7)54-50(31-20-14-11-2)35-24-17-25-36-50/h28-29,52H,10-27,30-41H2,1-9H3. The monoisotopic (exact) mass is 767 g/mol. The average Bonchev–Trinajstić information content (AvgIpc) is 3.11. The van der Waals surface area contributed by atoms with Crippen molar-refractivity contribution in [3.05, 3.63) is 28.8 Å². The molecule has 4 rings (SSSR count). The topological polar surface area (TPSA) is 47.9 Å². The Labute approximate surface area is 341 Å². The minimum Gasteiger partial charge on any atom is -0.508 e. The minimum absolute atomic E-state index is 0.0208. The molecular formula is C51H90O4. The third-order valence-electron chi connectivity index (χ3n) is 13.8. The van der Waals surface area contributed by atoms with Gasteiger partial charge in [-0.1, -0.05) is 142 Å². The Kier molecular flexibility index (Phi) is 18.0. The molecule has 1 aromatic rings. The van der Waals surface area contributed by atoms with Crippen molar-refractivity contribution >= 4 is 0 Å². The third kappa shape index (κ3) is 14.6. The van der Waals surface area contributed by atoms with Crippen molar-refractivity contribution in [1.29, 1.82) is 0 Å². The molecule has 0 saturated heterocycles. The summed E-state index contributed by atoms with van der Waals surface area (Å²) in [5.74, 6) is 0.410. The normalized spacial score (nSPS) is 20.5. The second-order valence-corrected chi connectivity index (χ2v) is 20.9. The molecule has 55 heavy (non-hydrogen) atoms. The van der Waals surface area contributed by atoms with Crippen LogP contribution in [0.25, 0.3) is 0 Å². The molecule has 3 aliphatic rings. The van der Waals surface area contributed by atoms with Gasteiger partial charge in [0.2, 0.25) is 0 Å². The van der Waals surface area contributed by atoms with E-state index in [0.29, 0.717) is 12.2 Å². The molecule has 1 aromatic carbocycles. The van der Waals surface area contributed by atoms with Crippen LogP contribution in [0.3, 0.4) is 0 Å². The maximum Gasteiger partial charge on any atom is 0.119 e. The van der Waals surface area contributed by atoms with Crippen LogP contribution >= 0.6 is 0 Å². The second-order valence-electron chi connectivity index (χ2n) is 20.9. The maximum atomic E-state index is 11.9. The number of rotatable bonds is 24. The zero-order valence-corrected chi connectivity index (χ0v) is 38.0. The zero-order valence-electron chi connectivity index (χ0n) is 38.0. The summed E-state index contributed by atoms with van der Waals surface area (Å²) in [4.78, 5) is 0. The summed E-state index contributed by atoms with van der Waals surface area (Å²) in [7, 11) is 0. The molecule has 3 saturated carbocycles. The minimum atomic E-state index is -0.415. The number of phenols is 1. The summed E-state index contributed by atoms with van der Waals surface area (Å²) in [5, 5.41) is 11.9. The molecule has 0 bridgehead atoms. The molecule has 4 heteroatoms. The van der Waals surface area contributed by atoms with Gasteiger partial charge in [-0.15, -0.1) is 0 Å². The van der Waals surface area contributed by atoms with Crippen molar-refractivity contribution in [3.8, 4) is 5.75 Å². The fourth-order valence-electron chi connectivity index (χ4n) is 11.4. The molecule has 0 aromatic heterocycles. The van der Waals surface area contributed by atoms with Crippen LogP contribution in [0, 0.1) is 0 Å². The van der Waals surface area contributed by atoms with Gasteiger partial charge in [0.05, 0.1) is 33.6 Å². The SMILES string of the molecule is CCCCCC1(OC(C)(C)Cc2ccc(O)c(CC(C)(C)OC3(CCCCC)CCCCC3)c2CC(C)(C)OC2(CCCCC)CCCCC2)CCCCC1. The molecule has 0 radical (unpaired) electrons. The molecule has 3 fully saturated rings. The lowest BCUT2D eigenvalue weighted by Gasteiger charge is -2.46.